The van der Waals surface area contributed by atoms with Crippen molar-refractivity contribution >= 4 is 34.1 Å². The van der Waals surface area contributed by atoms with Crippen molar-refractivity contribution < 1.29 is 23.1 Å². The number of nitrogens with zero attached hydrogens (tertiary/aromatic N) is 5. The van der Waals surface area contributed by atoms with E-state index in [9.17, 15) is 14.0 Å². The van der Waals surface area contributed by atoms with Crippen LogP contribution in [0.25, 0.3) is 33.6 Å². The highest BCUT2D eigenvalue weighted by atomic mass is 19.1. The number of aromatic nitrogens is 4. The molecule has 1 aliphatic rings. The van der Waals surface area contributed by atoms with Crippen molar-refractivity contribution in [1.82, 2.24) is 29.3 Å². The number of piperidine rings is 1. The number of aryl methyl sites for hydroxylation is 2. The van der Waals surface area contributed by atoms with Gasteiger partial charge in [0.2, 0.25) is 0 Å². The molecule has 1 saturated heterocycles. The molecule has 5 aromatic rings. The highest BCUT2D eigenvalue weighted by Gasteiger charge is 2.34. The lowest BCUT2D eigenvalue weighted by Crippen LogP contribution is -2.55. The van der Waals surface area contributed by atoms with Gasteiger partial charge in [0.1, 0.15) is 24.2 Å². The highest BCUT2D eigenvalue weighted by molar-refractivity contribution is 5.98. The molecule has 1 aliphatic heterocycles. The Labute approximate surface area is 277 Å². The van der Waals surface area contributed by atoms with Gasteiger partial charge in [-0.25, -0.2) is 23.5 Å². The maximum Gasteiger partial charge on any atom is 0.410 e. The van der Waals surface area contributed by atoms with Gasteiger partial charge in [0.25, 0.3) is 5.91 Å². The molecule has 48 heavy (non-hydrogen) atoms. The van der Waals surface area contributed by atoms with Gasteiger partial charge in [0, 0.05) is 44.2 Å². The fourth-order valence-corrected chi connectivity index (χ4v) is 6.10. The van der Waals surface area contributed by atoms with Crippen molar-refractivity contribution in [3.63, 3.8) is 0 Å². The van der Waals surface area contributed by atoms with E-state index in [2.05, 4.69) is 16.5 Å². The zero-order chi connectivity index (χ0) is 33.9. The standard InChI is InChI=1S/C36H39F2N7O3/c1-4-5-9-15-45-32(17-24-12-13-28(22(2)39)40-33(24)45)34-41-29-18-25(27(38)19-31(29)43(34)3)35(46)42-30-20-44(16-14-26(30)37)36(47)48-21-23-10-7-6-8-11-23/h4,6-8,10-13,17-19,22,26,30H,1,5,9,14-16,20-21,39H2,2-3H3,(H,42,46)/t22-,26+,30+/m1/s1. The average molecular weight is 656 g/mol. The van der Waals surface area contributed by atoms with E-state index in [1.54, 1.807) is 11.6 Å². The van der Waals surface area contributed by atoms with Crippen molar-refractivity contribution in [2.24, 2.45) is 12.8 Å². The quantitative estimate of drug-likeness (QED) is 0.137. The van der Waals surface area contributed by atoms with Gasteiger partial charge in [-0.2, -0.15) is 0 Å². The van der Waals surface area contributed by atoms with Crippen LogP contribution in [0.15, 0.2) is 73.3 Å². The number of imidazole rings is 1. The third kappa shape index (κ3) is 6.66. The summed E-state index contributed by atoms with van der Waals surface area (Å²) in [5.41, 5.74) is 9.89. The van der Waals surface area contributed by atoms with Gasteiger partial charge in [-0.05, 0) is 56.0 Å². The summed E-state index contributed by atoms with van der Waals surface area (Å²) in [7, 11) is 1.79. The average Bonchev–Trinajstić information content (AvgIpc) is 3.60. The number of carbonyl (C=O) groups is 2. The number of alkyl halides is 1. The Balaban J connectivity index is 1.24. The van der Waals surface area contributed by atoms with Crippen molar-refractivity contribution in [2.75, 3.05) is 13.1 Å². The predicted octanol–water partition coefficient (Wildman–Crippen LogP) is 6.19. The number of benzene rings is 2. The molecule has 1 fully saturated rings. The molecule has 2 aromatic carbocycles. The Kier molecular flexibility index (Phi) is 9.54. The van der Waals surface area contributed by atoms with Crippen LogP contribution in [-0.4, -0.2) is 61.3 Å². The van der Waals surface area contributed by atoms with E-state index in [4.69, 9.17) is 20.4 Å². The van der Waals surface area contributed by atoms with Crippen LogP contribution >= 0.6 is 0 Å². The zero-order valence-corrected chi connectivity index (χ0v) is 27.0. The molecule has 4 heterocycles. The molecule has 3 N–H and O–H groups in total. The van der Waals surface area contributed by atoms with Gasteiger partial charge >= 0.3 is 6.09 Å². The second-order valence-corrected chi connectivity index (χ2v) is 12.2. The number of carbonyl (C=O) groups excluding carboxylic acids is 2. The molecule has 0 radical (unpaired) electrons. The normalized spacial score (nSPS) is 17.1. The molecule has 3 aromatic heterocycles. The topological polar surface area (TPSA) is 120 Å². The smallest absolute Gasteiger partial charge is 0.410 e. The number of fused-ring (bicyclic) bond motifs is 2. The van der Waals surface area contributed by atoms with Gasteiger partial charge in [-0.1, -0.05) is 36.4 Å². The molecule has 10 nitrogen and oxygen atoms in total. The van der Waals surface area contributed by atoms with Crippen LogP contribution < -0.4 is 11.1 Å². The van der Waals surface area contributed by atoms with E-state index >= 15 is 4.39 Å². The predicted molar refractivity (Wildman–Crippen MR) is 180 cm³/mol. The largest absolute Gasteiger partial charge is 0.445 e. The first-order chi connectivity index (χ1) is 23.1. The fraction of sp³-hybridized carbons (Fsp3) is 0.333. The van der Waals surface area contributed by atoms with E-state index in [1.807, 2.05) is 61.5 Å². The molecular formula is C36H39F2N7O3. The number of unbranched alkanes of at least 4 members (excludes halogenated alkanes) is 1. The molecule has 0 bridgehead atoms. The first-order valence-electron chi connectivity index (χ1n) is 16.1. The molecule has 0 saturated carbocycles. The molecule has 12 heteroatoms. The Morgan fingerprint density at radius 1 is 1.17 bits per heavy atom. The minimum atomic E-state index is -1.42. The van der Waals surface area contributed by atoms with Gasteiger partial charge in [0.15, 0.2) is 5.82 Å². The van der Waals surface area contributed by atoms with Crippen molar-refractivity contribution in [1.29, 1.82) is 0 Å². The number of rotatable bonds is 10. The lowest BCUT2D eigenvalue weighted by Gasteiger charge is -2.34. The Morgan fingerprint density at radius 2 is 1.96 bits per heavy atom. The second kappa shape index (κ2) is 13.9. The van der Waals surface area contributed by atoms with Crippen LogP contribution in [0, 0.1) is 5.82 Å². The van der Waals surface area contributed by atoms with Crippen molar-refractivity contribution in [3.05, 3.63) is 96.0 Å². The van der Waals surface area contributed by atoms with E-state index < -0.39 is 30.0 Å². The van der Waals surface area contributed by atoms with E-state index in [0.717, 1.165) is 40.8 Å². The highest BCUT2D eigenvalue weighted by Crippen LogP contribution is 2.31. The summed E-state index contributed by atoms with van der Waals surface area (Å²) in [5, 5.41) is 3.52. The van der Waals surface area contributed by atoms with Crippen LogP contribution in [0.4, 0.5) is 13.6 Å². The summed E-state index contributed by atoms with van der Waals surface area (Å²) in [6, 6.07) is 16.4. The summed E-state index contributed by atoms with van der Waals surface area (Å²) in [4.78, 5) is 37.1. The SMILES string of the molecule is C=CCCCn1c(-c2nc3cc(C(=O)N[C@H]4CN(C(=O)OCc5ccccc5)CC[C@@H]4F)c(F)cc3n2C)cc2ccc([C@@H](C)N)nc21. The maximum atomic E-state index is 15.5. The summed E-state index contributed by atoms with van der Waals surface area (Å²) in [5.74, 6) is -0.990. The third-order valence-corrected chi connectivity index (χ3v) is 8.77. The zero-order valence-electron chi connectivity index (χ0n) is 27.0. The minimum Gasteiger partial charge on any atom is -0.445 e. The number of nitrogens with two attached hydrogens (primary N) is 1. The number of pyridine rings is 1. The van der Waals surface area contributed by atoms with Crippen molar-refractivity contribution in [3.8, 4) is 11.5 Å². The monoisotopic (exact) mass is 655 g/mol. The summed E-state index contributed by atoms with van der Waals surface area (Å²) < 4.78 is 39.8. The summed E-state index contributed by atoms with van der Waals surface area (Å²) >= 11 is 0. The maximum absolute atomic E-state index is 15.5. The Morgan fingerprint density at radius 3 is 2.71 bits per heavy atom. The second-order valence-electron chi connectivity index (χ2n) is 12.2. The lowest BCUT2D eigenvalue weighted by atomic mass is 10.0. The number of ether oxygens (including phenoxy) is 1. The minimum absolute atomic E-state index is 0.0118. The van der Waals surface area contributed by atoms with Crippen LogP contribution in [0.2, 0.25) is 0 Å². The number of amides is 2. The molecule has 250 valence electrons. The Hall–Kier alpha value is -5.10. The molecule has 0 aliphatic carbocycles. The van der Waals surface area contributed by atoms with Gasteiger partial charge in [-0.15, -0.1) is 6.58 Å². The van der Waals surface area contributed by atoms with E-state index in [1.165, 1.54) is 17.0 Å². The molecule has 0 unspecified atom stereocenters. The fourth-order valence-electron chi connectivity index (χ4n) is 6.10. The number of allylic oxidation sites excluding steroid dienone is 1. The molecule has 2 amide bonds. The number of likely N-dealkylation sites (tertiary alicyclic amines) is 1. The number of hydrogen-bond acceptors (Lipinski definition) is 6. The number of nitrogens with one attached hydrogen (secondary N) is 1. The molecule has 0 spiro atoms. The summed E-state index contributed by atoms with van der Waals surface area (Å²) in [6.07, 6.45) is 1.49. The number of hydrogen-bond donors (Lipinski definition) is 2. The van der Waals surface area contributed by atoms with E-state index in [-0.39, 0.29) is 37.7 Å². The third-order valence-electron chi connectivity index (χ3n) is 8.77. The van der Waals surface area contributed by atoms with Crippen LogP contribution in [-0.2, 0) is 24.9 Å². The molecule has 3 atom stereocenters. The van der Waals surface area contributed by atoms with Gasteiger partial charge < -0.3 is 29.8 Å². The van der Waals surface area contributed by atoms with Crippen LogP contribution in [0.3, 0.4) is 0 Å². The molecule has 6 rings (SSSR count). The van der Waals surface area contributed by atoms with Gasteiger partial charge in [-0.3, -0.25) is 4.79 Å². The van der Waals surface area contributed by atoms with Gasteiger partial charge in [0.05, 0.1) is 34.0 Å². The summed E-state index contributed by atoms with van der Waals surface area (Å²) in [6.45, 7) is 6.48. The number of halogens is 2. The Bertz CT molecular complexity index is 1970. The van der Waals surface area contributed by atoms with Crippen LogP contribution in [0.5, 0.6) is 0 Å². The molecular weight excluding hydrogens is 616 g/mol. The van der Waals surface area contributed by atoms with Crippen LogP contribution in [0.1, 0.15) is 53.8 Å². The lowest BCUT2D eigenvalue weighted by molar-refractivity contribution is 0.0590. The first-order valence-corrected chi connectivity index (χ1v) is 16.1. The first kappa shape index (κ1) is 32.8. The van der Waals surface area contributed by atoms with Crippen molar-refractivity contribution in [2.45, 2.75) is 57.6 Å². The van der Waals surface area contributed by atoms with E-state index in [0.29, 0.717) is 23.4 Å².